The molecule has 0 bridgehead atoms. The van der Waals surface area contributed by atoms with Crippen molar-refractivity contribution in [3.05, 3.63) is 29.5 Å². The number of carbonyl (C=O) groups excluding carboxylic acids is 1. The molecule has 11 heteroatoms. The Hall–Kier alpha value is -2.95. The molecular weight excluding hydrogens is 504 g/mol. The SMILES string of the molecule is CN1CCN(C2CCC(n3nc(-c4ccc(NC(=O)OC(C)(C)C)c(Cl)c4)c4c(N)ncnc43)CC2)CC1. The first-order valence-corrected chi connectivity index (χ1v) is 13.7. The molecule has 38 heavy (non-hydrogen) atoms. The zero-order chi connectivity index (χ0) is 27.0. The van der Waals surface area contributed by atoms with Crippen LogP contribution in [-0.4, -0.2) is 80.5 Å². The van der Waals surface area contributed by atoms with E-state index in [-0.39, 0.29) is 6.04 Å². The summed E-state index contributed by atoms with van der Waals surface area (Å²) in [6.07, 6.45) is 5.29. The Morgan fingerprint density at radius 3 is 2.42 bits per heavy atom. The summed E-state index contributed by atoms with van der Waals surface area (Å²) in [6.45, 7) is 9.99. The number of anilines is 2. The van der Waals surface area contributed by atoms with E-state index in [4.69, 9.17) is 27.2 Å². The molecule has 1 amide bonds. The number of ether oxygens (including phenoxy) is 1. The number of piperazine rings is 1. The van der Waals surface area contributed by atoms with Crippen molar-refractivity contribution in [1.29, 1.82) is 0 Å². The second-order valence-electron chi connectivity index (χ2n) is 11.4. The minimum atomic E-state index is -0.608. The van der Waals surface area contributed by atoms with Gasteiger partial charge in [0.05, 0.1) is 22.1 Å². The van der Waals surface area contributed by atoms with E-state index >= 15 is 0 Å². The fourth-order valence-electron chi connectivity index (χ4n) is 5.48. The highest BCUT2D eigenvalue weighted by atomic mass is 35.5. The fourth-order valence-corrected chi connectivity index (χ4v) is 5.71. The highest BCUT2D eigenvalue weighted by Crippen LogP contribution is 2.38. The van der Waals surface area contributed by atoms with E-state index in [2.05, 4.69) is 32.1 Å². The van der Waals surface area contributed by atoms with Crippen molar-refractivity contribution in [2.45, 2.75) is 64.1 Å². The van der Waals surface area contributed by atoms with Crippen LogP contribution in [0.15, 0.2) is 24.5 Å². The Morgan fingerprint density at radius 2 is 1.76 bits per heavy atom. The highest BCUT2D eigenvalue weighted by Gasteiger charge is 2.31. The summed E-state index contributed by atoms with van der Waals surface area (Å²) >= 11 is 6.56. The Kier molecular flexibility index (Phi) is 7.48. The van der Waals surface area contributed by atoms with Crippen LogP contribution in [0.2, 0.25) is 5.02 Å². The first-order valence-electron chi connectivity index (χ1n) is 13.3. The van der Waals surface area contributed by atoms with Crippen molar-refractivity contribution in [3.8, 4) is 11.3 Å². The van der Waals surface area contributed by atoms with Gasteiger partial charge in [0.1, 0.15) is 23.4 Å². The number of halogens is 1. The van der Waals surface area contributed by atoms with E-state index in [1.807, 2.05) is 31.5 Å². The van der Waals surface area contributed by atoms with Gasteiger partial charge in [-0.15, -0.1) is 0 Å². The number of hydrogen-bond acceptors (Lipinski definition) is 8. The zero-order valence-corrected chi connectivity index (χ0v) is 23.3. The monoisotopic (exact) mass is 540 g/mol. The summed E-state index contributed by atoms with van der Waals surface area (Å²) in [6, 6.07) is 6.25. The molecule has 10 nitrogen and oxygen atoms in total. The molecule has 3 aromatic rings. The van der Waals surface area contributed by atoms with Gasteiger partial charge in [-0.25, -0.2) is 19.4 Å². The summed E-state index contributed by atoms with van der Waals surface area (Å²) in [5, 5.41) is 8.82. The predicted molar refractivity (Wildman–Crippen MR) is 150 cm³/mol. The minimum absolute atomic E-state index is 0.243. The molecule has 1 saturated carbocycles. The lowest BCUT2D eigenvalue weighted by Gasteiger charge is -2.41. The van der Waals surface area contributed by atoms with E-state index in [0.717, 1.165) is 68.5 Å². The van der Waals surface area contributed by atoms with E-state index in [1.165, 1.54) is 6.33 Å². The van der Waals surface area contributed by atoms with Crippen molar-refractivity contribution in [1.82, 2.24) is 29.5 Å². The molecule has 2 aliphatic rings. The number of benzene rings is 1. The molecule has 0 atom stereocenters. The van der Waals surface area contributed by atoms with Gasteiger partial charge in [0.15, 0.2) is 5.65 Å². The fraction of sp³-hybridized carbons (Fsp3) is 0.556. The third-order valence-electron chi connectivity index (χ3n) is 7.46. The van der Waals surface area contributed by atoms with Crippen LogP contribution >= 0.6 is 11.6 Å². The summed E-state index contributed by atoms with van der Waals surface area (Å²) in [5.41, 5.74) is 8.39. The largest absolute Gasteiger partial charge is 0.444 e. The Morgan fingerprint density at radius 1 is 1.08 bits per heavy atom. The average Bonchev–Trinajstić information content (AvgIpc) is 3.26. The van der Waals surface area contributed by atoms with Gasteiger partial charge in [-0.1, -0.05) is 17.7 Å². The highest BCUT2D eigenvalue weighted by molar-refractivity contribution is 6.34. The molecule has 204 valence electrons. The molecule has 3 heterocycles. The number of likely N-dealkylation sites (N-methyl/N-ethyl adjacent to an activating group) is 1. The Labute approximate surface area is 228 Å². The van der Waals surface area contributed by atoms with Crippen molar-refractivity contribution in [2.24, 2.45) is 0 Å². The van der Waals surface area contributed by atoms with Gasteiger partial charge in [-0.3, -0.25) is 10.2 Å². The molecule has 0 unspecified atom stereocenters. The molecule has 3 N–H and O–H groups in total. The normalized spacial score (nSPS) is 21.5. The lowest BCUT2D eigenvalue weighted by molar-refractivity contribution is 0.0636. The minimum Gasteiger partial charge on any atom is -0.444 e. The van der Waals surface area contributed by atoms with Gasteiger partial charge in [0, 0.05) is 37.8 Å². The lowest BCUT2D eigenvalue weighted by Crippen LogP contribution is -2.49. The summed E-state index contributed by atoms with van der Waals surface area (Å²) in [4.78, 5) is 26.1. The average molecular weight is 541 g/mol. The number of nitrogens with two attached hydrogens (primary N) is 1. The maximum Gasteiger partial charge on any atom is 0.412 e. The van der Waals surface area contributed by atoms with E-state index in [9.17, 15) is 4.79 Å². The summed E-state index contributed by atoms with van der Waals surface area (Å²) in [5.74, 6) is 0.384. The molecule has 5 rings (SSSR count). The molecule has 1 aromatic carbocycles. The third kappa shape index (κ3) is 5.72. The zero-order valence-electron chi connectivity index (χ0n) is 22.6. The van der Waals surface area contributed by atoms with Crippen LogP contribution in [0.1, 0.15) is 52.5 Å². The van der Waals surface area contributed by atoms with Crippen LogP contribution in [0, 0.1) is 0 Å². The maximum atomic E-state index is 12.2. The lowest BCUT2D eigenvalue weighted by atomic mass is 9.90. The number of nitrogens with one attached hydrogen (secondary N) is 1. The van der Waals surface area contributed by atoms with Crippen molar-refractivity contribution in [2.75, 3.05) is 44.3 Å². The van der Waals surface area contributed by atoms with E-state index in [0.29, 0.717) is 28.3 Å². The van der Waals surface area contributed by atoms with Gasteiger partial charge < -0.3 is 15.4 Å². The smallest absolute Gasteiger partial charge is 0.412 e. The van der Waals surface area contributed by atoms with Crippen LogP contribution < -0.4 is 11.1 Å². The summed E-state index contributed by atoms with van der Waals surface area (Å²) < 4.78 is 7.38. The molecule has 1 aliphatic heterocycles. The van der Waals surface area contributed by atoms with Gasteiger partial charge in [0.2, 0.25) is 0 Å². The number of carbonyl (C=O) groups is 1. The molecule has 2 aromatic heterocycles. The molecule has 0 radical (unpaired) electrons. The van der Waals surface area contributed by atoms with Crippen LogP contribution in [0.25, 0.3) is 22.3 Å². The number of rotatable bonds is 4. The molecule has 1 aliphatic carbocycles. The van der Waals surface area contributed by atoms with Crippen LogP contribution in [-0.2, 0) is 4.74 Å². The second-order valence-corrected chi connectivity index (χ2v) is 11.8. The van der Waals surface area contributed by atoms with Gasteiger partial charge >= 0.3 is 6.09 Å². The Bertz CT molecular complexity index is 1300. The number of amides is 1. The van der Waals surface area contributed by atoms with Crippen molar-refractivity contribution < 1.29 is 9.53 Å². The van der Waals surface area contributed by atoms with E-state index in [1.54, 1.807) is 12.1 Å². The number of hydrogen-bond donors (Lipinski definition) is 2. The maximum absolute atomic E-state index is 12.2. The topological polar surface area (TPSA) is 114 Å². The molecular formula is C27H37ClN8O2. The Balaban J connectivity index is 1.38. The van der Waals surface area contributed by atoms with E-state index < -0.39 is 11.7 Å². The van der Waals surface area contributed by atoms with Crippen LogP contribution in [0.3, 0.4) is 0 Å². The molecule has 1 saturated heterocycles. The van der Waals surface area contributed by atoms with Crippen LogP contribution in [0.4, 0.5) is 16.3 Å². The first kappa shape index (κ1) is 26.6. The third-order valence-corrected chi connectivity index (χ3v) is 7.78. The standard InChI is InChI=1S/C27H37ClN8O2/c1-27(2,3)38-26(37)32-21-10-5-17(15-20(21)28)23-22-24(29)30-16-31-25(22)36(33-23)19-8-6-18(7-9-19)35-13-11-34(4)12-14-35/h5,10,15-16,18-19H,6-9,11-14H2,1-4H3,(H,32,37)(H2,29,30,31). The van der Waals surface area contributed by atoms with Crippen molar-refractivity contribution >= 4 is 40.2 Å². The second kappa shape index (κ2) is 10.7. The van der Waals surface area contributed by atoms with Crippen LogP contribution in [0.5, 0.6) is 0 Å². The number of nitrogen functional groups attached to an aromatic ring is 1. The molecule has 2 fully saturated rings. The molecule has 0 spiro atoms. The summed E-state index contributed by atoms with van der Waals surface area (Å²) in [7, 11) is 2.19. The quantitative estimate of drug-likeness (QED) is 0.484. The first-order chi connectivity index (χ1) is 18.1. The van der Waals surface area contributed by atoms with Gasteiger partial charge in [0.25, 0.3) is 0 Å². The van der Waals surface area contributed by atoms with Gasteiger partial charge in [-0.05, 0) is 65.6 Å². The number of nitrogens with zero attached hydrogens (tertiary/aromatic N) is 6. The number of aromatic nitrogens is 4. The number of fused-ring (bicyclic) bond motifs is 1. The van der Waals surface area contributed by atoms with Crippen molar-refractivity contribution in [3.63, 3.8) is 0 Å². The van der Waals surface area contributed by atoms with Gasteiger partial charge in [-0.2, -0.15) is 5.10 Å². The predicted octanol–water partition coefficient (Wildman–Crippen LogP) is 4.81.